The second-order valence-corrected chi connectivity index (χ2v) is 6.16. The van der Waals surface area contributed by atoms with E-state index < -0.39 is 0 Å². The molecule has 1 N–H and O–H groups in total. The average Bonchev–Trinajstić information content (AvgIpc) is 3.26. The van der Waals surface area contributed by atoms with Gasteiger partial charge in [-0.3, -0.25) is 9.88 Å². The second kappa shape index (κ2) is 6.56. The number of piperidine rings is 1. The lowest BCUT2D eigenvalue weighted by atomic mass is 10.0. The van der Waals surface area contributed by atoms with Gasteiger partial charge >= 0.3 is 6.03 Å². The highest BCUT2D eigenvalue weighted by molar-refractivity contribution is 5.76. The van der Waals surface area contributed by atoms with Gasteiger partial charge in [0.1, 0.15) is 5.69 Å². The zero-order valence-corrected chi connectivity index (χ0v) is 13.4. The zero-order chi connectivity index (χ0) is 16.4. The summed E-state index contributed by atoms with van der Waals surface area (Å²) in [5.41, 5.74) is 0.714. The molecule has 2 aromatic heterocycles. The van der Waals surface area contributed by atoms with Gasteiger partial charge in [0.05, 0.1) is 6.54 Å². The van der Waals surface area contributed by atoms with E-state index in [1.165, 1.54) is 0 Å². The minimum absolute atomic E-state index is 0.0744. The molecule has 126 valence electrons. The van der Waals surface area contributed by atoms with E-state index in [1.807, 2.05) is 23.1 Å². The number of hydrogen-bond donors (Lipinski definition) is 1. The van der Waals surface area contributed by atoms with E-state index >= 15 is 0 Å². The fourth-order valence-corrected chi connectivity index (χ4v) is 3.33. The lowest BCUT2D eigenvalue weighted by molar-refractivity contribution is 0.123. The molecule has 0 unspecified atom stereocenters. The second-order valence-electron chi connectivity index (χ2n) is 6.16. The van der Waals surface area contributed by atoms with Crippen LogP contribution in [-0.4, -0.2) is 63.2 Å². The Morgan fingerprint density at radius 2 is 2.12 bits per heavy atom. The molecule has 2 aliphatic rings. The van der Waals surface area contributed by atoms with Crippen molar-refractivity contribution in [3.63, 3.8) is 0 Å². The summed E-state index contributed by atoms with van der Waals surface area (Å²) < 4.78 is 5.35. The molecule has 4 rings (SSSR count). The number of rotatable bonds is 4. The molecule has 0 spiro atoms. The van der Waals surface area contributed by atoms with Crippen LogP contribution in [0.5, 0.6) is 0 Å². The van der Waals surface area contributed by atoms with Crippen LogP contribution in [0.3, 0.4) is 0 Å². The Kier molecular flexibility index (Phi) is 4.12. The molecule has 4 heterocycles. The predicted octanol–water partition coefficient (Wildman–Crippen LogP) is 1.12. The van der Waals surface area contributed by atoms with E-state index in [2.05, 4.69) is 25.3 Å². The standard InChI is InChI=1S/C16H20N6O2/c23-16-18-7-10-22(16)12-4-8-21(9-5-12)11-14-19-15(20-24-14)13-3-1-2-6-17-13/h1-3,6,12H,4-5,7-11H2,(H,18,23). The average molecular weight is 328 g/mol. The molecule has 24 heavy (non-hydrogen) atoms. The first-order valence-corrected chi connectivity index (χ1v) is 8.30. The van der Waals surface area contributed by atoms with Gasteiger partial charge in [0.2, 0.25) is 11.7 Å². The van der Waals surface area contributed by atoms with Gasteiger partial charge in [0.25, 0.3) is 0 Å². The summed E-state index contributed by atoms with van der Waals surface area (Å²) >= 11 is 0. The van der Waals surface area contributed by atoms with Crippen molar-refractivity contribution < 1.29 is 9.32 Å². The predicted molar refractivity (Wildman–Crippen MR) is 85.9 cm³/mol. The van der Waals surface area contributed by atoms with Gasteiger partial charge in [0, 0.05) is 38.4 Å². The first-order valence-electron chi connectivity index (χ1n) is 8.30. The molecule has 0 bridgehead atoms. The van der Waals surface area contributed by atoms with Crippen molar-refractivity contribution >= 4 is 6.03 Å². The van der Waals surface area contributed by atoms with Gasteiger partial charge in [0.15, 0.2) is 0 Å². The van der Waals surface area contributed by atoms with Crippen LogP contribution in [0.15, 0.2) is 28.9 Å². The number of pyridine rings is 1. The van der Waals surface area contributed by atoms with Gasteiger partial charge in [-0.05, 0) is 25.0 Å². The summed E-state index contributed by atoms with van der Waals surface area (Å²) in [6.45, 7) is 4.07. The maximum atomic E-state index is 11.7. The molecule has 2 aromatic rings. The van der Waals surface area contributed by atoms with Crippen molar-refractivity contribution in [2.75, 3.05) is 26.2 Å². The van der Waals surface area contributed by atoms with Crippen LogP contribution in [0.25, 0.3) is 11.5 Å². The Morgan fingerprint density at radius 3 is 2.83 bits per heavy atom. The fraction of sp³-hybridized carbons (Fsp3) is 0.500. The van der Waals surface area contributed by atoms with Crippen molar-refractivity contribution in [1.82, 2.24) is 30.2 Å². The van der Waals surface area contributed by atoms with Crippen molar-refractivity contribution in [3.8, 4) is 11.5 Å². The van der Waals surface area contributed by atoms with E-state index in [9.17, 15) is 4.79 Å². The summed E-state index contributed by atoms with van der Waals surface area (Å²) in [7, 11) is 0. The monoisotopic (exact) mass is 328 g/mol. The normalized spacial score (nSPS) is 19.7. The molecule has 0 radical (unpaired) electrons. The van der Waals surface area contributed by atoms with Crippen LogP contribution < -0.4 is 5.32 Å². The Balaban J connectivity index is 1.33. The van der Waals surface area contributed by atoms with E-state index in [4.69, 9.17) is 4.52 Å². The Morgan fingerprint density at radius 1 is 1.25 bits per heavy atom. The van der Waals surface area contributed by atoms with E-state index in [0.29, 0.717) is 30.0 Å². The SMILES string of the molecule is O=C1NCCN1C1CCN(Cc2nc(-c3ccccn3)no2)CC1. The quantitative estimate of drug-likeness (QED) is 0.905. The number of urea groups is 1. The third-order valence-electron chi connectivity index (χ3n) is 4.61. The van der Waals surface area contributed by atoms with Crippen molar-refractivity contribution in [3.05, 3.63) is 30.3 Å². The molecular weight excluding hydrogens is 308 g/mol. The number of likely N-dealkylation sites (tertiary alicyclic amines) is 1. The summed E-state index contributed by atoms with van der Waals surface area (Å²) in [5.74, 6) is 1.13. The smallest absolute Gasteiger partial charge is 0.317 e. The number of aromatic nitrogens is 3. The zero-order valence-electron chi connectivity index (χ0n) is 13.4. The van der Waals surface area contributed by atoms with Crippen LogP contribution in [0.4, 0.5) is 4.79 Å². The number of nitrogens with zero attached hydrogens (tertiary/aromatic N) is 5. The molecule has 0 aliphatic carbocycles. The number of nitrogens with one attached hydrogen (secondary N) is 1. The Labute approximate surface area is 139 Å². The molecule has 2 saturated heterocycles. The number of amides is 2. The van der Waals surface area contributed by atoms with Crippen LogP contribution in [0.2, 0.25) is 0 Å². The highest BCUT2D eigenvalue weighted by Crippen LogP contribution is 2.20. The van der Waals surface area contributed by atoms with Crippen LogP contribution >= 0.6 is 0 Å². The van der Waals surface area contributed by atoms with Gasteiger partial charge in [-0.2, -0.15) is 4.98 Å². The largest absolute Gasteiger partial charge is 0.337 e. The van der Waals surface area contributed by atoms with E-state index in [1.54, 1.807) is 6.20 Å². The third kappa shape index (κ3) is 3.09. The third-order valence-corrected chi connectivity index (χ3v) is 4.61. The maximum absolute atomic E-state index is 11.7. The number of hydrogen-bond acceptors (Lipinski definition) is 6. The molecule has 0 aromatic carbocycles. The summed E-state index contributed by atoms with van der Waals surface area (Å²) in [4.78, 5) is 24.7. The van der Waals surface area contributed by atoms with Gasteiger partial charge in [-0.15, -0.1) is 0 Å². The Bertz CT molecular complexity index is 696. The molecular formula is C16H20N6O2. The minimum Gasteiger partial charge on any atom is -0.337 e. The summed E-state index contributed by atoms with van der Waals surface area (Å²) in [6.07, 6.45) is 3.67. The van der Waals surface area contributed by atoms with Crippen LogP contribution in [0, 0.1) is 0 Å². The summed E-state index contributed by atoms with van der Waals surface area (Å²) in [5, 5.41) is 6.87. The lowest BCUT2D eigenvalue weighted by Crippen LogP contribution is -2.45. The molecule has 0 saturated carbocycles. The topological polar surface area (TPSA) is 87.4 Å². The molecule has 0 atom stereocenters. The molecule has 2 amide bonds. The first kappa shape index (κ1) is 15.1. The highest BCUT2D eigenvalue weighted by atomic mass is 16.5. The fourth-order valence-electron chi connectivity index (χ4n) is 3.33. The van der Waals surface area contributed by atoms with Crippen molar-refractivity contribution in [2.45, 2.75) is 25.4 Å². The molecule has 2 fully saturated rings. The maximum Gasteiger partial charge on any atom is 0.317 e. The molecule has 2 aliphatic heterocycles. The van der Waals surface area contributed by atoms with Crippen molar-refractivity contribution in [2.24, 2.45) is 0 Å². The van der Waals surface area contributed by atoms with Gasteiger partial charge in [-0.25, -0.2) is 4.79 Å². The number of carbonyl (C=O) groups is 1. The van der Waals surface area contributed by atoms with Crippen LogP contribution in [0.1, 0.15) is 18.7 Å². The minimum atomic E-state index is 0.0744. The molecule has 8 nitrogen and oxygen atoms in total. The van der Waals surface area contributed by atoms with Crippen LogP contribution in [-0.2, 0) is 6.54 Å². The number of carbonyl (C=O) groups excluding carboxylic acids is 1. The lowest BCUT2D eigenvalue weighted by Gasteiger charge is -2.35. The van der Waals surface area contributed by atoms with Crippen molar-refractivity contribution in [1.29, 1.82) is 0 Å². The van der Waals surface area contributed by atoms with E-state index in [-0.39, 0.29) is 6.03 Å². The Hall–Kier alpha value is -2.48. The first-order chi connectivity index (χ1) is 11.8. The molecule has 8 heteroatoms. The van der Waals surface area contributed by atoms with Gasteiger partial charge in [-0.1, -0.05) is 11.2 Å². The van der Waals surface area contributed by atoms with Gasteiger partial charge < -0.3 is 14.7 Å². The van der Waals surface area contributed by atoms with E-state index in [0.717, 1.165) is 39.0 Å². The highest BCUT2D eigenvalue weighted by Gasteiger charge is 2.31. The summed E-state index contributed by atoms with van der Waals surface area (Å²) in [6, 6.07) is 6.04.